The molecule has 1 aliphatic heterocycles. The molecule has 0 atom stereocenters. The molecule has 32 heavy (non-hydrogen) atoms. The van der Waals surface area contributed by atoms with Crippen LogP contribution in [0.25, 0.3) is 6.08 Å². The van der Waals surface area contributed by atoms with Crippen molar-refractivity contribution in [1.29, 1.82) is 0 Å². The third-order valence-electron chi connectivity index (χ3n) is 4.72. The molecule has 0 unspecified atom stereocenters. The number of nitrogens with one attached hydrogen (secondary N) is 1. The Morgan fingerprint density at radius 2 is 1.81 bits per heavy atom. The van der Waals surface area contributed by atoms with Crippen molar-refractivity contribution in [2.75, 3.05) is 7.11 Å². The first-order valence-corrected chi connectivity index (χ1v) is 11.5. The van der Waals surface area contributed by atoms with E-state index in [0.717, 1.165) is 26.9 Å². The number of hydrogen-bond donors (Lipinski definition) is 1. The van der Waals surface area contributed by atoms with Gasteiger partial charge in [0.2, 0.25) is 0 Å². The summed E-state index contributed by atoms with van der Waals surface area (Å²) in [7, 11) is 1.60. The van der Waals surface area contributed by atoms with Crippen LogP contribution >= 0.6 is 27.7 Å². The zero-order valence-corrected chi connectivity index (χ0v) is 20.0. The van der Waals surface area contributed by atoms with E-state index >= 15 is 0 Å². The third-order valence-corrected chi connectivity index (χ3v) is 6.32. The van der Waals surface area contributed by atoms with Gasteiger partial charge in [-0.2, -0.15) is 0 Å². The number of benzene rings is 3. The Kier molecular flexibility index (Phi) is 6.97. The van der Waals surface area contributed by atoms with E-state index in [1.165, 1.54) is 11.8 Å². The minimum Gasteiger partial charge on any atom is -0.493 e. The number of thioether (sulfide) groups is 1. The van der Waals surface area contributed by atoms with Gasteiger partial charge >= 0.3 is 0 Å². The molecule has 1 heterocycles. The topological polar surface area (TPSA) is 59.9 Å². The number of amides is 1. The first-order chi connectivity index (χ1) is 15.5. The lowest BCUT2D eigenvalue weighted by molar-refractivity contribution is -0.115. The lowest BCUT2D eigenvalue weighted by Crippen LogP contribution is -2.19. The van der Waals surface area contributed by atoms with Crippen molar-refractivity contribution in [3.63, 3.8) is 0 Å². The fourth-order valence-corrected chi connectivity index (χ4v) is 4.30. The van der Waals surface area contributed by atoms with Gasteiger partial charge in [-0.3, -0.25) is 4.79 Å². The van der Waals surface area contributed by atoms with Gasteiger partial charge in [0.15, 0.2) is 16.7 Å². The van der Waals surface area contributed by atoms with Gasteiger partial charge in [0.25, 0.3) is 5.91 Å². The Balaban J connectivity index is 1.54. The van der Waals surface area contributed by atoms with Crippen LogP contribution in [0.3, 0.4) is 0 Å². The Bertz CT molecular complexity index is 1190. The largest absolute Gasteiger partial charge is 0.493 e. The molecule has 1 saturated heterocycles. The summed E-state index contributed by atoms with van der Waals surface area (Å²) in [6.07, 6.45) is 1.81. The second-order valence-corrected chi connectivity index (χ2v) is 9.00. The quantitative estimate of drug-likeness (QED) is 0.400. The predicted molar refractivity (Wildman–Crippen MR) is 133 cm³/mol. The van der Waals surface area contributed by atoms with Crippen LogP contribution in [-0.2, 0) is 11.4 Å². The lowest BCUT2D eigenvalue weighted by atomic mass is 10.2. The van der Waals surface area contributed by atoms with Gasteiger partial charge in [-0.15, -0.1) is 0 Å². The molecule has 1 fully saturated rings. The van der Waals surface area contributed by atoms with Gasteiger partial charge in [-0.1, -0.05) is 64.0 Å². The molecule has 162 valence electrons. The molecule has 5 nitrogen and oxygen atoms in total. The second-order valence-electron chi connectivity index (χ2n) is 7.12. The zero-order valence-electron chi connectivity index (χ0n) is 17.6. The maximum atomic E-state index is 12.5. The molecule has 1 N–H and O–H groups in total. The fourth-order valence-electron chi connectivity index (χ4n) is 3.03. The maximum absolute atomic E-state index is 12.5. The van der Waals surface area contributed by atoms with E-state index in [9.17, 15) is 4.79 Å². The highest BCUT2D eigenvalue weighted by Gasteiger charge is 2.24. The summed E-state index contributed by atoms with van der Waals surface area (Å²) in [5.74, 6) is 1.03. The van der Waals surface area contributed by atoms with Crippen LogP contribution in [0, 0.1) is 6.92 Å². The highest BCUT2D eigenvalue weighted by molar-refractivity contribution is 9.10. The normalized spacial score (nSPS) is 15.8. The van der Waals surface area contributed by atoms with Crippen LogP contribution in [0.2, 0.25) is 0 Å². The average Bonchev–Trinajstić information content (AvgIpc) is 3.14. The molecule has 1 aliphatic rings. The van der Waals surface area contributed by atoms with Crippen LogP contribution in [0.5, 0.6) is 11.5 Å². The summed E-state index contributed by atoms with van der Waals surface area (Å²) >= 11 is 4.89. The van der Waals surface area contributed by atoms with E-state index in [0.29, 0.717) is 28.2 Å². The summed E-state index contributed by atoms with van der Waals surface area (Å²) in [5, 5.41) is 3.37. The van der Waals surface area contributed by atoms with E-state index in [2.05, 4.69) is 26.2 Å². The predicted octanol–water partition coefficient (Wildman–Crippen LogP) is 6.24. The molecule has 0 aliphatic carbocycles. The highest BCUT2D eigenvalue weighted by Crippen LogP contribution is 2.37. The minimum atomic E-state index is -0.184. The smallest absolute Gasteiger partial charge is 0.264 e. The molecular weight excluding hydrogens is 488 g/mol. The molecule has 0 spiro atoms. The van der Waals surface area contributed by atoms with E-state index < -0.39 is 0 Å². The Morgan fingerprint density at radius 1 is 1.06 bits per heavy atom. The summed E-state index contributed by atoms with van der Waals surface area (Å²) in [6, 6.07) is 21.5. The summed E-state index contributed by atoms with van der Waals surface area (Å²) in [4.78, 5) is 17.5. The number of halogens is 1. The van der Waals surface area contributed by atoms with Crippen molar-refractivity contribution >= 4 is 50.5 Å². The minimum absolute atomic E-state index is 0.184. The number of carbonyl (C=O) groups excluding carboxylic acids is 1. The summed E-state index contributed by atoms with van der Waals surface area (Å²) in [5.41, 5.74) is 3.83. The van der Waals surface area contributed by atoms with Crippen molar-refractivity contribution in [1.82, 2.24) is 5.32 Å². The van der Waals surface area contributed by atoms with Crippen LogP contribution in [0.1, 0.15) is 16.7 Å². The van der Waals surface area contributed by atoms with Crippen molar-refractivity contribution in [3.05, 3.63) is 92.8 Å². The summed E-state index contributed by atoms with van der Waals surface area (Å²) in [6.45, 7) is 2.45. The van der Waals surface area contributed by atoms with Gasteiger partial charge in [-0.25, -0.2) is 4.99 Å². The average molecular weight is 509 g/mol. The molecule has 4 rings (SSSR count). The van der Waals surface area contributed by atoms with E-state index in [-0.39, 0.29) is 5.91 Å². The Hall–Kier alpha value is -3.03. The van der Waals surface area contributed by atoms with Crippen molar-refractivity contribution in [2.24, 2.45) is 4.99 Å². The molecule has 1 amide bonds. The number of amidine groups is 1. The van der Waals surface area contributed by atoms with Crippen LogP contribution in [-0.4, -0.2) is 18.2 Å². The van der Waals surface area contributed by atoms with Crippen molar-refractivity contribution in [2.45, 2.75) is 13.5 Å². The van der Waals surface area contributed by atoms with Gasteiger partial charge in [0.1, 0.15) is 6.61 Å². The van der Waals surface area contributed by atoms with E-state index in [1.807, 2.05) is 79.7 Å². The highest BCUT2D eigenvalue weighted by atomic mass is 79.9. The number of nitrogens with zero attached hydrogens (tertiary/aromatic N) is 1. The van der Waals surface area contributed by atoms with E-state index in [1.54, 1.807) is 7.11 Å². The number of ether oxygens (including phenoxy) is 2. The molecule has 3 aromatic carbocycles. The molecule has 0 aromatic heterocycles. The molecular formula is C25H21BrN2O3S. The molecule has 0 radical (unpaired) electrons. The van der Waals surface area contributed by atoms with E-state index in [4.69, 9.17) is 9.47 Å². The first kappa shape index (κ1) is 22.2. The standard InChI is InChI=1S/C25H21BrN2O3S/c1-16-8-10-19(11-9-16)27-25-28-24(29)23(32-25)13-18-12-21(30-2)22(14-20(18)26)31-15-17-6-4-3-5-7-17/h3-14H,15H2,1-2H3,(H,27,28,29)/b23-13+. The Morgan fingerprint density at radius 3 is 2.53 bits per heavy atom. The number of hydrogen-bond acceptors (Lipinski definition) is 5. The number of rotatable bonds is 6. The third kappa shape index (κ3) is 5.41. The second kappa shape index (κ2) is 10.1. The molecule has 0 saturated carbocycles. The number of methoxy groups -OCH3 is 1. The van der Waals surface area contributed by atoms with Gasteiger partial charge < -0.3 is 14.8 Å². The Labute approximate surface area is 199 Å². The zero-order chi connectivity index (χ0) is 22.5. The van der Waals surface area contributed by atoms with Crippen LogP contribution < -0.4 is 14.8 Å². The lowest BCUT2D eigenvalue weighted by Gasteiger charge is -2.13. The summed E-state index contributed by atoms with van der Waals surface area (Å²) < 4.78 is 12.3. The van der Waals surface area contributed by atoms with Gasteiger partial charge in [0, 0.05) is 4.47 Å². The fraction of sp³-hybridized carbons (Fsp3) is 0.120. The molecule has 3 aromatic rings. The van der Waals surface area contributed by atoms with Gasteiger partial charge in [0.05, 0.1) is 17.7 Å². The molecule has 7 heteroatoms. The van der Waals surface area contributed by atoms with Crippen molar-refractivity contribution < 1.29 is 14.3 Å². The monoisotopic (exact) mass is 508 g/mol. The number of carbonyl (C=O) groups is 1. The van der Waals surface area contributed by atoms with Gasteiger partial charge in [-0.05, 0) is 60.2 Å². The number of aliphatic imine (C=N–C) groups is 1. The maximum Gasteiger partial charge on any atom is 0.264 e. The first-order valence-electron chi connectivity index (χ1n) is 9.92. The SMILES string of the molecule is COc1cc(/C=C2/SC(=Nc3ccc(C)cc3)NC2=O)c(Br)cc1OCc1ccccc1. The van der Waals surface area contributed by atoms with Crippen LogP contribution in [0.15, 0.2) is 81.1 Å². The number of aryl methyl sites for hydroxylation is 1. The molecule has 0 bridgehead atoms. The van der Waals surface area contributed by atoms with Crippen molar-refractivity contribution in [3.8, 4) is 11.5 Å². The van der Waals surface area contributed by atoms with Crippen LogP contribution in [0.4, 0.5) is 5.69 Å².